The number of nitrogens with one attached hydrogen (secondary N) is 4. The molecule has 0 aliphatic carbocycles. The van der Waals surface area contributed by atoms with E-state index < -0.39 is 17.8 Å². The van der Waals surface area contributed by atoms with Crippen molar-refractivity contribution < 1.29 is 14.4 Å². The lowest BCUT2D eigenvalue weighted by molar-refractivity contribution is -0.136. The fourth-order valence-corrected chi connectivity index (χ4v) is 1.98. The first-order valence-corrected chi connectivity index (χ1v) is 7.67. The molecule has 0 saturated heterocycles. The Morgan fingerprint density at radius 2 is 1.32 bits per heavy atom. The maximum atomic E-state index is 11.8. The highest BCUT2D eigenvalue weighted by molar-refractivity contribution is 6.39. The van der Waals surface area contributed by atoms with Crippen molar-refractivity contribution in [2.45, 2.75) is 20.8 Å². The largest absolute Gasteiger partial charge is 0.337 e. The summed E-state index contributed by atoms with van der Waals surface area (Å²) in [7, 11) is 0. The summed E-state index contributed by atoms with van der Waals surface area (Å²) in [6.07, 6.45) is 0. The van der Waals surface area contributed by atoms with Crippen molar-refractivity contribution in [2.24, 2.45) is 0 Å². The first-order chi connectivity index (χ1) is 11.8. The van der Waals surface area contributed by atoms with Gasteiger partial charge in [0.25, 0.3) is 0 Å². The summed E-state index contributed by atoms with van der Waals surface area (Å²) in [4.78, 5) is 35.3. The van der Waals surface area contributed by atoms with Gasteiger partial charge in [0.15, 0.2) is 0 Å². The van der Waals surface area contributed by atoms with Gasteiger partial charge in [0.1, 0.15) is 0 Å². The molecule has 0 aromatic heterocycles. The summed E-state index contributed by atoms with van der Waals surface area (Å²) in [6.45, 7) is 5.78. The van der Waals surface area contributed by atoms with Gasteiger partial charge in [-0.2, -0.15) is 0 Å². The van der Waals surface area contributed by atoms with Gasteiger partial charge in [-0.25, -0.2) is 10.2 Å². The van der Waals surface area contributed by atoms with E-state index in [1.165, 1.54) is 0 Å². The molecule has 2 aromatic rings. The minimum Gasteiger partial charge on any atom is -0.318 e. The second-order valence-electron chi connectivity index (χ2n) is 5.65. The van der Waals surface area contributed by atoms with Gasteiger partial charge in [-0.15, -0.1) is 0 Å². The van der Waals surface area contributed by atoms with E-state index >= 15 is 0 Å². The number of amides is 4. The van der Waals surface area contributed by atoms with E-state index in [0.29, 0.717) is 11.4 Å². The molecule has 0 aliphatic rings. The number of hydrogen-bond donors (Lipinski definition) is 4. The van der Waals surface area contributed by atoms with Crippen LogP contribution in [0, 0.1) is 20.8 Å². The van der Waals surface area contributed by atoms with Crippen molar-refractivity contribution in [1.82, 2.24) is 10.9 Å². The molecular formula is C18H20N4O3. The van der Waals surface area contributed by atoms with Crippen molar-refractivity contribution in [1.29, 1.82) is 0 Å². The molecule has 4 N–H and O–H groups in total. The van der Waals surface area contributed by atoms with Crippen LogP contribution in [-0.2, 0) is 9.59 Å². The zero-order chi connectivity index (χ0) is 18.4. The van der Waals surface area contributed by atoms with E-state index in [2.05, 4.69) is 16.1 Å². The summed E-state index contributed by atoms with van der Waals surface area (Å²) in [6, 6.07) is 11.8. The molecule has 0 saturated carbocycles. The minimum absolute atomic E-state index is 0.507. The summed E-state index contributed by atoms with van der Waals surface area (Å²) in [5, 5.41) is 5.00. The van der Waals surface area contributed by atoms with Crippen LogP contribution in [-0.4, -0.2) is 17.8 Å². The van der Waals surface area contributed by atoms with E-state index in [1.807, 2.05) is 44.4 Å². The summed E-state index contributed by atoms with van der Waals surface area (Å²) in [5.74, 6) is -1.85. The zero-order valence-corrected chi connectivity index (χ0v) is 14.3. The average molecular weight is 340 g/mol. The van der Waals surface area contributed by atoms with Crippen LogP contribution in [0.4, 0.5) is 16.2 Å². The zero-order valence-electron chi connectivity index (χ0n) is 14.3. The number of rotatable bonds is 2. The Morgan fingerprint density at radius 3 is 1.96 bits per heavy atom. The molecule has 0 aliphatic heterocycles. The lowest BCUT2D eigenvalue weighted by Crippen LogP contribution is -2.48. The molecule has 0 spiro atoms. The Balaban J connectivity index is 1.82. The summed E-state index contributed by atoms with van der Waals surface area (Å²) in [5.41, 5.74) is 8.38. The Labute approximate surface area is 145 Å². The monoisotopic (exact) mass is 340 g/mol. The summed E-state index contributed by atoms with van der Waals surface area (Å²) < 4.78 is 0. The molecule has 2 rings (SSSR count). The number of hydrogen-bond acceptors (Lipinski definition) is 3. The fraction of sp³-hybridized carbons (Fsp3) is 0.167. The number of carbonyl (C=O) groups is 3. The normalized spacial score (nSPS) is 9.88. The molecule has 2 aromatic carbocycles. The predicted octanol–water partition coefficient (Wildman–Crippen LogP) is 2.40. The number of carbonyl (C=O) groups excluding carboxylic acids is 3. The Morgan fingerprint density at radius 1 is 0.680 bits per heavy atom. The smallest absolute Gasteiger partial charge is 0.318 e. The van der Waals surface area contributed by atoms with Gasteiger partial charge in [0.2, 0.25) is 0 Å². The summed E-state index contributed by atoms with van der Waals surface area (Å²) >= 11 is 0. The Hall–Kier alpha value is -3.35. The molecule has 0 heterocycles. The number of hydrazine groups is 1. The molecule has 0 radical (unpaired) electrons. The van der Waals surface area contributed by atoms with Crippen molar-refractivity contribution in [2.75, 3.05) is 10.6 Å². The highest BCUT2D eigenvalue weighted by atomic mass is 16.2. The van der Waals surface area contributed by atoms with Crippen molar-refractivity contribution >= 4 is 29.2 Å². The number of benzene rings is 2. The topological polar surface area (TPSA) is 99.3 Å². The van der Waals surface area contributed by atoms with E-state index in [1.54, 1.807) is 24.3 Å². The van der Waals surface area contributed by atoms with Crippen molar-refractivity contribution in [3.63, 3.8) is 0 Å². The number of anilines is 2. The third kappa shape index (κ3) is 5.35. The third-order valence-corrected chi connectivity index (χ3v) is 3.57. The molecular weight excluding hydrogens is 320 g/mol. The minimum atomic E-state index is -0.975. The van der Waals surface area contributed by atoms with Crippen LogP contribution >= 0.6 is 0 Å². The molecule has 4 amide bonds. The Kier molecular flexibility index (Phi) is 5.73. The number of aryl methyl sites for hydroxylation is 3. The predicted molar refractivity (Wildman–Crippen MR) is 96.0 cm³/mol. The maximum absolute atomic E-state index is 11.8. The first kappa shape index (κ1) is 18.0. The average Bonchev–Trinajstić information content (AvgIpc) is 2.58. The van der Waals surface area contributed by atoms with Crippen molar-refractivity contribution in [3.05, 3.63) is 59.2 Å². The highest BCUT2D eigenvalue weighted by Gasteiger charge is 2.14. The van der Waals surface area contributed by atoms with Gasteiger partial charge in [0, 0.05) is 11.4 Å². The van der Waals surface area contributed by atoms with Gasteiger partial charge < -0.3 is 10.6 Å². The van der Waals surface area contributed by atoms with Gasteiger partial charge in [0.05, 0.1) is 0 Å². The van der Waals surface area contributed by atoms with E-state index in [-0.39, 0.29) is 0 Å². The van der Waals surface area contributed by atoms with Crippen LogP contribution in [0.5, 0.6) is 0 Å². The first-order valence-electron chi connectivity index (χ1n) is 7.67. The van der Waals surface area contributed by atoms with Crippen LogP contribution in [0.25, 0.3) is 0 Å². The van der Waals surface area contributed by atoms with Crippen LogP contribution in [0.2, 0.25) is 0 Å². The van der Waals surface area contributed by atoms with Crippen LogP contribution in [0.15, 0.2) is 42.5 Å². The quantitative estimate of drug-likeness (QED) is 0.499. The molecule has 25 heavy (non-hydrogen) atoms. The second kappa shape index (κ2) is 7.96. The molecule has 7 nitrogen and oxygen atoms in total. The molecule has 130 valence electrons. The van der Waals surface area contributed by atoms with E-state index in [4.69, 9.17) is 0 Å². The third-order valence-electron chi connectivity index (χ3n) is 3.57. The second-order valence-corrected chi connectivity index (χ2v) is 5.65. The molecule has 0 fully saturated rings. The molecule has 0 unspecified atom stereocenters. The van der Waals surface area contributed by atoms with Gasteiger partial charge >= 0.3 is 17.8 Å². The van der Waals surface area contributed by atoms with Crippen LogP contribution in [0.3, 0.4) is 0 Å². The lowest BCUT2D eigenvalue weighted by atomic mass is 10.1. The van der Waals surface area contributed by atoms with Crippen LogP contribution < -0.4 is 21.5 Å². The standard InChI is InChI=1S/C18H20N4O3/c1-11-4-7-14(8-5-11)20-18(25)22-21-17(24)16(23)19-15-9-6-12(2)13(3)10-15/h4-10H,1-3H3,(H,19,23)(H,21,24)(H2,20,22,25). The number of urea groups is 1. The lowest BCUT2D eigenvalue weighted by Gasteiger charge is -2.10. The van der Waals surface area contributed by atoms with Crippen LogP contribution in [0.1, 0.15) is 16.7 Å². The molecule has 0 bridgehead atoms. The van der Waals surface area contributed by atoms with Crippen molar-refractivity contribution in [3.8, 4) is 0 Å². The van der Waals surface area contributed by atoms with Gasteiger partial charge in [-0.1, -0.05) is 23.8 Å². The van der Waals surface area contributed by atoms with E-state index in [9.17, 15) is 14.4 Å². The van der Waals surface area contributed by atoms with E-state index in [0.717, 1.165) is 16.7 Å². The maximum Gasteiger partial charge on any atom is 0.337 e. The SMILES string of the molecule is Cc1ccc(NC(=O)NNC(=O)C(=O)Nc2ccc(C)c(C)c2)cc1. The Bertz CT molecular complexity index is 800. The highest BCUT2D eigenvalue weighted by Crippen LogP contribution is 2.13. The van der Waals surface area contributed by atoms with Gasteiger partial charge in [-0.05, 0) is 56.2 Å². The fourth-order valence-electron chi connectivity index (χ4n) is 1.98. The molecule has 0 atom stereocenters. The molecule has 7 heteroatoms. The van der Waals surface area contributed by atoms with Gasteiger partial charge in [-0.3, -0.25) is 15.0 Å².